The largest absolute Gasteiger partial charge is 0.295 e. The molecule has 0 aromatic rings. The summed E-state index contributed by atoms with van der Waals surface area (Å²) in [7, 11) is -3.12. The Hall–Kier alpha value is -0.746. The third-order valence-corrected chi connectivity index (χ3v) is 10.0. The van der Waals surface area contributed by atoms with Crippen LogP contribution in [0.3, 0.4) is 0 Å². The van der Waals surface area contributed by atoms with Crippen LogP contribution in [0.4, 0.5) is 0 Å². The Morgan fingerprint density at radius 3 is 2.09 bits per heavy atom. The average molecular weight is 347 g/mol. The second-order valence-corrected chi connectivity index (χ2v) is 19.8. The van der Waals surface area contributed by atoms with Crippen LogP contribution in [0.15, 0.2) is 22.0 Å². The molecule has 23 heavy (non-hydrogen) atoms. The summed E-state index contributed by atoms with van der Waals surface area (Å²) < 4.78 is 0. The van der Waals surface area contributed by atoms with Crippen LogP contribution in [0, 0.1) is 17.8 Å². The van der Waals surface area contributed by atoms with Gasteiger partial charge in [0, 0.05) is 12.8 Å². The van der Waals surface area contributed by atoms with Crippen LogP contribution in [0.2, 0.25) is 39.3 Å². The van der Waals surface area contributed by atoms with E-state index in [4.69, 9.17) is 0 Å². The Morgan fingerprint density at radius 2 is 1.52 bits per heavy atom. The van der Waals surface area contributed by atoms with E-state index in [1.807, 2.05) is 0 Å². The molecule has 0 aromatic carbocycles. The van der Waals surface area contributed by atoms with E-state index in [9.17, 15) is 9.59 Å². The van der Waals surface area contributed by atoms with Gasteiger partial charge in [0.2, 0.25) is 0 Å². The Labute approximate surface area is 142 Å². The first-order valence-electron chi connectivity index (χ1n) is 9.00. The van der Waals surface area contributed by atoms with Crippen molar-refractivity contribution in [1.29, 1.82) is 0 Å². The minimum Gasteiger partial charge on any atom is -0.295 e. The van der Waals surface area contributed by atoms with Crippen molar-refractivity contribution in [3.63, 3.8) is 0 Å². The van der Waals surface area contributed by atoms with Crippen molar-refractivity contribution in [3.8, 4) is 0 Å². The minimum absolute atomic E-state index is 0.392. The fraction of sp³-hybridized carbons (Fsp3) is 0.684. The normalized spacial score (nSPS) is 31.9. The van der Waals surface area contributed by atoms with Gasteiger partial charge < -0.3 is 0 Å². The zero-order valence-corrected chi connectivity index (χ0v) is 17.5. The summed E-state index contributed by atoms with van der Waals surface area (Å²) in [5.74, 6) is 2.26. The van der Waals surface area contributed by atoms with E-state index < -0.39 is 16.1 Å². The predicted molar refractivity (Wildman–Crippen MR) is 101 cm³/mol. The molecule has 0 unspecified atom stereocenters. The number of carbonyl (C=O) groups is 2. The number of ketones is 2. The van der Waals surface area contributed by atoms with E-state index in [0.29, 0.717) is 35.7 Å². The summed E-state index contributed by atoms with van der Waals surface area (Å²) in [6, 6.07) is 0. The third-order valence-electron chi connectivity index (χ3n) is 5.86. The molecule has 0 amide bonds. The molecule has 2 nitrogen and oxygen atoms in total. The van der Waals surface area contributed by atoms with Gasteiger partial charge in [-0.05, 0) is 41.0 Å². The fourth-order valence-corrected chi connectivity index (χ4v) is 8.79. The molecule has 4 heteroatoms. The van der Waals surface area contributed by atoms with Gasteiger partial charge in [0.1, 0.15) is 0 Å². The maximum atomic E-state index is 12.6. The molecule has 0 saturated heterocycles. The zero-order valence-electron chi connectivity index (χ0n) is 15.5. The quantitative estimate of drug-likeness (QED) is 0.687. The average Bonchev–Trinajstić information content (AvgIpc) is 2.68. The highest BCUT2D eigenvalue weighted by molar-refractivity contribution is 6.88. The first-order valence-corrected chi connectivity index (χ1v) is 16.0. The Kier molecular flexibility index (Phi) is 4.00. The van der Waals surface area contributed by atoms with Crippen molar-refractivity contribution >= 4 is 27.7 Å². The Balaban J connectivity index is 1.95. The monoisotopic (exact) mass is 346 g/mol. The highest BCUT2D eigenvalue weighted by atomic mass is 28.3. The summed E-state index contributed by atoms with van der Waals surface area (Å²) in [6.07, 6.45) is 5.88. The molecule has 3 atom stereocenters. The van der Waals surface area contributed by atoms with Gasteiger partial charge in [-0.2, -0.15) is 0 Å². The summed E-state index contributed by atoms with van der Waals surface area (Å²) in [6.45, 7) is 13.7. The molecule has 3 rings (SSSR count). The smallest absolute Gasteiger partial charge is 0.155 e. The molecule has 1 fully saturated rings. The number of carbonyl (C=O) groups excluding carboxylic acids is 2. The van der Waals surface area contributed by atoms with Crippen molar-refractivity contribution in [2.24, 2.45) is 17.8 Å². The molecule has 0 N–H and O–H groups in total. The SMILES string of the molecule is C[Si](C)(C)C1=C[C@H]2C[C@H]3CC(=O)C([Si](C)(C)C)=C3C[C@@H]2CC1=O. The molecule has 3 aliphatic rings. The van der Waals surface area contributed by atoms with Crippen molar-refractivity contribution in [2.75, 3.05) is 0 Å². The molecule has 0 aromatic heterocycles. The lowest BCUT2D eigenvalue weighted by Crippen LogP contribution is -2.38. The van der Waals surface area contributed by atoms with E-state index in [1.54, 1.807) is 0 Å². The van der Waals surface area contributed by atoms with Crippen LogP contribution in [0.5, 0.6) is 0 Å². The highest BCUT2D eigenvalue weighted by Gasteiger charge is 2.46. The molecule has 126 valence electrons. The molecule has 0 aliphatic heterocycles. The van der Waals surface area contributed by atoms with Crippen molar-refractivity contribution in [3.05, 3.63) is 22.0 Å². The van der Waals surface area contributed by atoms with Crippen molar-refractivity contribution in [1.82, 2.24) is 0 Å². The molecule has 0 radical (unpaired) electrons. The molecular weight excluding hydrogens is 316 g/mol. The third kappa shape index (κ3) is 3.00. The van der Waals surface area contributed by atoms with Gasteiger partial charge in [0.05, 0.1) is 16.1 Å². The van der Waals surface area contributed by atoms with Crippen molar-refractivity contribution in [2.45, 2.75) is 65.0 Å². The van der Waals surface area contributed by atoms with Gasteiger partial charge in [0.25, 0.3) is 0 Å². The van der Waals surface area contributed by atoms with Gasteiger partial charge in [-0.3, -0.25) is 9.59 Å². The van der Waals surface area contributed by atoms with Gasteiger partial charge in [-0.1, -0.05) is 50.9 Å². The number of rotatable bonds is 2. The van der Waals surface area contributed by atoms with E-state index in [1.165, 1.54) is 10.8 Å². The lowest BCUT2D eigenvalue weighted by atomic mass is 9.68. The fourth-order valence-electron chi connectivity index (χ4n) is 4.93. The first kappa shape index (κ1) is 17.1. The zero-order chi connectivity index (χ0) is 17.2. The Bertz CT molecular complexity index is 629. The van der Waals surface area contributed by atoms with E-state index in [-0.39, 0.29) is 0 Å². The van der Waals surface area contributed by atoms with E-state index in [2.05, 4.69) is 45.4 Å². The predicted octanol–water partition coefficient (Wildman–Crippen LogP) is 4.55. The number of hydrogen-bond acceptors (Lipinski definition) is 2. The summed E-state index contributed by atoms with van der Waals surface area (Å²) in [5.41, 5.74) is 1.45. The van der Waals surface area contributed by atoms with Gasteiger partial charge in [0.15, 0.2) is 11.6 Å². The van der Waals surface area contributed by atoms with E-state index >= 15 is 0 Å². The Morgan fingerprint density at radius 1 is 0.870 bits per heavy atom. The van der Waals surface area contributed by atoms with Crippen LogP contribution in [-0.2, 0) is 9.59 Å². The molecule has 3 aliphatic carbocycles. The minimum atomic E-state index is -1.58. The van der Waals surface area contributed by atoms with Gasteiger partial charge >= 0.3 is 0 Å². The maximum absolute atomic E-state index is 12.6. The maximum Gasteiger partial charge on any atom is 0.155 e. The van der Waals surface area contributed by atoms with Gasteiger partial charge in [-0.15, -0.1) is 0 Å². The standard InChI is InChI=1S/C19H30O2Si2/c1-22(2,3)18-11-12-7-14-10-17(21)19(23(4,5)6)15(14)8-13(12)9-16(18)20/h11-14H,7-10H2,1-6H3/t12-,13-,14+/m1/s1. The highest BCUT2D eigenvalue weighted by Crippen LogP contribution is 2.50. The van der Waals surface area contributed by atoms with Crippen LogP contribution >= 0.6 is 0 Å². The lowest BCUT2D eigenvalue weighted by Gasteiger charge is -2.40. The van der Waals surface area contributed by atoms with Crippen LogP contribution in [-0.4, -0.2) is 27.7 Å². The molecule has 0 spiro atoms. The lowest BCUT2D eigenvalue weighted by molar-refractivity contribution is -0.117. The van der Waals surface area contributed by atoms with E-state index in [0.717, 1.165) is 24.5 Å². The summed E-state index contributed by atoms with van der Waals surface area (Å²) in [4.78, 5) is 25.2. The number of hydrogen-bond donors (Lipinski definition) is 0. The van der Waals surface area contributed by atoms with Crippen LogP contribution in [0.1, 0.15) is 25.7 Å². The summed E-state index contributed by atoms with van der Waals surface area (Å²) >= 11 is 0. The first-order chi connectivity index (χ1) is 10.5. The molecular formula is C19H30O2Si2. The number of allylic oxidation sites excluding steroid dienone is 4. The number of fused-ring (bicyclic) bond motifs is 2. The van der Waals surface area contributed by atoms with Crippen LogP contribution < -0.4 is 0 Å². The molecule has 0 bridgehead atoms. The van der Waals surface area contributed by atoms with Crippen LogP contribution in [0.25, 0.3) is 0 Å². The topological polar surface area (TPSA) is 34.1 Å². The molecule has 1 saturated carbocycles. The summed E-state index contributed by atoms with van der Waals surface area (Å²) in [5, 5.41) is 2.37. The van der Waals surface area contributed by atoms with Crippen molar-refractivity contribution < 1.29 is 9.59 Å². The van der Waals surface area contributed by atoms with Gasteiger partial charge in [-0.25, -0.2) is 0 Å². The molecule has 0 heterocycles. The second-order valence-electron chi connectivity index (χ2n) is 9.80. The number of Topliss-reactive ketones (excluding diaryl/α,β-unsaturated/α-hetero) is 2. The second kappa shape index (κ2) is 5.38.